The lowest BCUT2D eigenvalue weighted by Crippen LogP contribution is -2.30. The largest absolute Gasteiger partial charge is 0.494 e. The van der Waals surface area contributed by atoms with Gasteiger partial charge in [-0.3, -0.25) is 9.59 Å². The van der Waals surface area contributed by atoms with Crippen LogP contribution in [0.25, 0.3) is 11.0 Å². The molecule has 1 aromatic heterocycles. The average molecular weight is 535 g/mol. The van der Waals surface area contributed by atoms with Crippen LogP contribution < -0.4 is 10.1 Å². The van der Waals surface area contributed by atoms with Crippen molar-refractivity contribution in [2.75, 3.05) is 31.6 Å². The van der Waals surface area contributed by atoms with E-state index in [-0.39, 0.29) is 28.8 Å². The summed E-state index contributed by atoms with van der Waals surface area (Å²) >= 11 is 0. The van der Waals surface area contributed by atoms with Gasteiger partial charge in [0.1, 0.15) is 11.3 Å². The Hall–Kier alpha value is -3.95. The molecule has 38 heavy (non-hydrogen) atoms. The van der Waals surface area contributed by atoms with Crippen LogP contribution in [-0.4, -0.2) is 50.5 Å². The van der Waals surface area contributed by atoms with Gasteiger partial charge < -0.3 is 14.5 Å². The molecule has 0 fully saturated rings. The Bertz CT molecular complexity index is 1540. The van der Waals surface area contributed by atoms with E-state index in [0.29, 0.717) is 53.2 Å². The van der Waals surface area contributed by atoms with Crippen LogP contribution in [0.5, 0.6) is 5.75 Å². The number of fused-ring (bicyclic) bond motifs is 1. The van der Waals surface area contributed by atoms with Crippen LogP contribution in [0, 0.1) is 0 Å². The molecule has 0 bridgehead atoms. The number of para-hydroxylation sites is 1. The van der Waals surface area contributed by atoms with Crippen LogP contribution >= 0.6 is 0 Å². The van der Waals surface area contributed by atoms with E-state index >= 15 is 0 Å². The first kappa shape index (κ1) is 27.1. The highest BCUT2D eigenvalue weighted by Crippen LogP contribution is 2.33. The number of sulfonamides is 1. The van der Waals surface area contributed by atoms with Crippen molar-refractivity contribution in [2.45, 2.75) is 25.7 Å². The molecule has 8 nitrogen and oxygen atoms in total. The van der Waals surface area contributed by atoms with E-state index in [1.165, 1.54) is 28.6 Å². The first-order valence-corrected chi connectivity index (χ1v) is 13.9. The first-order valence-electron chi connectivity index (χ1n) is 12.5. The fourth-order valence-electron chi connectivity index (χ4n) is 4.18. The van der Waals surface area contributed by atoms with Gasteiger partial charge in [-0.15, -0.1) is 0 Å². The van der Waals surface area contributed by atoms with E-state index in [1.807, 2.05) is 19.1 Å². The minimum Gasteiger partial charge on any atom is -0.494 e. The van der Waals surface area contributed by atoms with Crippen molar-refractivity contribution < 1.29 is 27.2 Å². The molecule has 0 unspecified atom stereocenters. The fourth-order valence-corrected chi connectivity index (χ4v) is 5.64. The van der Waals surface area contributed by atoms with Crippen molar-refractivity contribution in [3.05, 3.63) is 89.7 Å². The summed E-state index contributed by atoms with van der Waals surface area (Å²) in [6, 6.07) is 19.9. The smallest absolute Gasteiger partial charge is 0.243 e. The monoisotopic (exact) mass is 534 g/mol. The molecule has 4 aromatic rings. The molecule has 9 heteroatoms. The predicted molar refractivity (Wildman–Crippen MR) is 147 cm³/mol. The predicted octanol–water partition coefficient (Wildman–Crippen LogP) is 5.39. The highest BCUT2D eigenvalue weighted by Gasteiger charge is 2.24. The normalized spacial score (nSPS) is 11.6. The van der Waals surface area contributed by atoms with Crippen LogP contribution in [0.3, 0.4) is 0 Å². The van der Waals surface area contributed by atoms with Crippen LogP contribution in [0.2, 0.25) is 0 Å². The molecule has 1 N–H and O–H groups in total. The van der Waals surface area contributed by atoms with Gasteiger partial charge in [0.15, 0.2) is 11.5 Å². The number of carbonyl (C=O) groups excluding carboxylic acids is 2. The second kappa shape index (κ2) is 11.6. The topological polar surface area (TPSA) is 106 Å². The Morgan fingerprint density at radius 3 is 2.13 bits per heavy atom. The summed E-state index contributed by atoms with van der Waals surface area (Å²) < 4.78 is 38.2. The number of nitrogens with zero attached hydrogens (tertiary/aromatic N) is 1. The molecule has 0 amide bonds. The van der Waals surface area contributed by atoms with Crippen molar-refractivity contribution >= 4 is 38.2 Å². The molecule has 0 aliphatic heterocycles. The van der Waals surface area contributed by atoms with E-state index in [2.05, 4.69) is 5.32 Å². The summed E-state index contributed by atoms with van der Waals surface area (Å²) in [5, 5.41) is 3.76. The molecule has 1 heterocycles. The summed E-state index contributed by atoms with van der Waals surface area (Å²) in [7, 11) is -3.61. The Labute approximate surface area is 222 Å². The highest BCUT2D eigenvalue weighted by atomic mass is 32.2. The molecule has 4 rings (SSSR count). The summed E-state index contributed by atoms with van der Waals surface area (Å²) in [5.74, 6) is 0.170. The molecule has 0 spiro atoms. The lowest BCUT2D eigenvalue weighted by molar-refractivity contribution is 0.0997. The standard InChI is InChI=1S/C29H30N2O6S/c1-4-31(5-2)38(34,35)23-17-13-20(14-18-23)25(32)19-30-27-24-9-7-8-10-26(24)37-29(27)28(33)21-11-15-22(16-12-21)36-6-3/h7-18,30H,4-6,19H2,1-3H3. The number of hydrogen-bond donors (Lipinski definition) is 1. The summed E-state index contributed by atoms with van der Waals surface area (Å²) in [6.07, 6.45) is 0. The second-order valence-corrected chi connectivity index (χ2v) is 10.4. The molecule has 0 aliphatic carbocycles. The van der Waals surface area contributed by atoms with Crippen LogP contribution in [0.15, 0.2) is 82.1 Å². The average Bonchev–Trinajstić information content (AvgIpc) is 3.31. The Morgan fingerprint density at radius 1 is 0.868 bits per heavy atom. The van der Waals surface area contributed by atoms with Gasteiger partial charge in [0, 0.05) is 29.6 Å². The number of nitrogens with one attached hydrogen (secondary N) is 1. The first-order chi connectivity index (χ1) is 18.3. The molecule has 0 atom stereocenters. The molecule has 0 radical (unpaired) electrons. The number of carbonyl (C=O) groups is 2. The number of Topliss-reactive ketones (excluding diaryl/α,β-unsaturated/α-hetero) is 1. The van der Waals surface area contributed by atoms with E-state index < -0.39 is 10.0 Å². The van der Waals surface area contributed by atoms with Gasteiger partial charge in [-0.05, 0) is 67.6 Å². The van der Waals surface area contributed by atoms with Gasteiger partial charge in [-0.25, -0.2) is 8.42 Å². The molecular weight excluding hydrogens is 504 g/mol. The second-order valence-electron chi connectivity index (χ2n) is 8.48. The van der Waals surface area contributed by atoms with E-state index in [0.717, 1.165) is 0 Å². The number of rotatable bonds is 12. The van der Waals surface area contributed by atoms with E-state index in [4.69, 9.17) is 9.15 Å². The van der Waals surface area contributed by atoms with E-state index in [1.54, 1.807) is 50.2 Å². The van der Waals surface area contributed by atoms with Gasteiger partial charge in [-0.2, -0.15) is 4.31 Å². The summed E-state index contributed by atoms with van der Waals surface area (Å²) in [4.78, 5) is 26.5. The number of ether oxygens (including phenoxy) is 1. The Kier molecular flexibility index (Phi) is 8.29. The van der Waals surface area contributed by atoms with Gasteiger partial charge >= 0.3 is 0 Å². The molecule has 198 valence electrons. The van der Waals surface area contributed by atoms with Crippen LogP contribution in [0.4, 0.5) is 5.69 Å². The van der Waals surface area contributed by atoms with Crippen molar-refractivity contribution in [2.24, 2.45) is 0 Å². The van der Waals surface area contributed by atoms with Crippen molar-refractivity contribution in [3.8, 4) is 5.75 Å². The zero-order valence-electron chi connectivity index (χ0n) is 21.6. The van der Waals surface area contributed by atoms with Crippen LogP contribution in [0.1, 0.15) is 47.2 Å². The molecular formula is C29H30N2O6S. The van der Waals surface area contributed by atoms with Crippen molar-refractivity contribution in [1.82, 2.24) is 4.31 Å². The summed E-state index contributed by atoms with van der Waals surface area (Å²) in [6.45, 7) is 6.57. The number of ketones is 2. The maximum absolute atomic E-state index is 13.3. The number of hydrogen-bond acceptors (Lipinski definition) is 7. The zero-order chi connectivity index (χ0) is 27.3. The van der Waals surface area contributed by atoms with Gasteiger partial charge in [-0.1, -0.05) is 26.0 Å². The third kappa shape index (κ3) is 5.49. The maximum Gasteiger partial charge on any atom is 0.243 e. The minimum absolute atomic E-state index is 0.101. The fraction of sp³-hybridized carbons (Fsp3) is 0.241. The van der Waals surface area contributed by atoms with Crippen molar-refractivity contribution in [3.63, 3.8) is 0 Å². The number of benzene rings is 3. The molecule has 0 saturated heterocycles. The maximum atomic E-state index is 13.3. The van der Waals surface area contributed by atoms with Crippen LogP contribution in [-0.2, 0) is 10.0 Å². The molecule has 3 aromatic carbocycles. The lowest BCUT2D eigenvalue weighted by atomic mass is 10.1. The number of anilines is 1. The third-order valence-electron chi connectivity index (χ3n) is 6.17. The Morgan fingerprint density at radius 2 is 1.50 bits per heavy atom. The highest BCUT2D eigenvalue weighted by molar-refractivity contribution is 7.89. The zero-order valence-corrected chi connectivity index (χ0v) is 22.4. The van der Waals surface area contributed by atoms with Crippen molar-refractivity contribution in [1.29, 1.82) is 0 Å². The number of furan rings is 1. The van der Waals surface area contributed by atoms with E-state index in [9.17, 15) is 18.0 Å². The summed E-state index contributed by atoms with van der Waals surface area (Å²) in [5.41, 5.74) is 1.71. The lowest BCUT2D eigenvalue weighted by Gasteiger charge is -2.18. The molecule has 0 aliphatic rings. The van der Waals surface area contributed by atoms with Gasteiger partial charge in [0.05, 0.1) is 23.7 Å². The third-order valence-corrected chi connectivity index (χ3v) is 8.24. The van der Waals surface area contributed by atoms with Gasteiger partial charge in [0.2, 0.25) is 15.8 Å². The van der Waals surface area contributed by atoms with Gasteiger partial charge in [0.25, 0.3) is 0 Å². The SMILES string of the molecule is CCOc1ccc(C(=O)c2oc3ccccc3c2NCC(=O)c2ccc(S(=O)(=O)N(CC)CC)cc2)cc1. The quantitative estimate of drug-likeness (QED) is 0.243. The Balaban J connectivity index is 1.56. The minimum atomic E-state index is -3.61. The molecule has 0 saturated carbocycles.